The van der Waals surface area contributed by atoms with E-state index in [0.717, 1.165) is 0 Å². The van der Waals surface area contributed by atoms with E-state index in [4.69, 9.17) is 5.26 Å². The summed E-state index contributed by atoms with van der Waals surface area (Å²) in [6, 6.07) is 2.26. The molecule has 1 rings (SSSR count). The molecule has 0 radical (unpaired) electrons. The van der Waals surface area contributed by atoms with Crippen LogP contribution in [0.3, 0.4) is 0 Å². The van der Waals surface area contributed by atoms with E-state index < -0.39 is 0 Å². The lowest BCUT2D eigenvalue weighted by molar-refractivity contribution is 0.633. The van der Waals surface area contributed by atoms with Crippen LogP contribution in [0.2, 0.25) is 0 Å². The zero-order chi connectivity index (χ0) is 11.5. The summed E-state index contributed by atoms with van der Waals surface area (Å²) in [7, 11) is 0. The van der Waals surface area contributed by atoms with Crippen molar-refractivity contribution in [2.75, 3.05) is 0 Å². The van der Waals surface area contributed by atoms with Gasteiger partial charge < -0.3 is 4.57 Å². The summed E-state index contributed by atoms with van der Waals surface area (Å²) >= 11 is 0. The summed E-state index contributed by atoms with van der Waals surface area (Å²) in [5, 5.41) is 6.50. The topological polar surface area (TPSA) is 28.7 Å². The number of unbranched alkanes of at least 4 members (excludes halogenated alkanes) is 2. The van der Waals surface area contributed by atoms with Crippen LogP contribution in [0.4, 0.5) is 0 Å². The Balaban J connectivity index is 0.000000921. The molecule has 0 aliphatic rings. The second kappa shape index (κ2) is 9.33. The van der Waals surface area contributed by atoms with Gasteiger partial charge in [-0.3, -0.25) is 0 Å². The number of aromatic nitrogens is 1. The van der Waals surface area contributed by atoms with E-state index in [2.05, 4.69) is 43.4 Å². The van der Waals surface area contributed by atoms with Crippen molar-refractivity contribution in [3.63, 3.8) is 0 Å². The first-order valence-corrected chi connectivity index (χ1v) is 5.77. The Bertz CT molecular complexity index is 238. The van der Waals surface area contributed by atoms with E-state index in [9.17, 15) is 0 Å². The molecule has 0 amide bonds. The molecule has 0 atom stereocenters. The highest BCUT2D eigenvalue weighted by Gasteiger charge is 1.95. The van der Waals surface area contributed by atoms with E-state index >= 15 is 0 Å². The molecule has 0 fully saturated rings. The normalized spacial score (nSPS) is 9.33. The first kappa shape index (κ1) is 13.8. The second-order valence-corrected chi connectivity index (χ2v) is 3.71. The Morgan fingerprint density at radius 3 is 2.47 bits per heavy atom. The summed E-state index contributed by atoms with van der Waals surface area (Å²) in [5.74, 6) is 0. The standard InChI is InChI=1S/C12H21N.CHN/c1-3-5-7-12-8-10-13(11-12)9-6-4-2;1-2/h8,10-11H,3-7,9H2,1-2H3;1H. The van der Waals surface area contributed by atoms with E-state index in [1.165, 1.54) is 44.2 Å². The summed E-state index contributed by atoms with van der Waals surface area (Å²) < 4.78 is 2.31. The molecule has 2 nitrogen and oxygen atoms in total. The first-order valence-electron chi connectivity index (χ1n) is 5.77. The number of nitriles is 1. The van der Waals surface area contributed by atoms with Crippen molar-refractivity contribution >= 4 is 0 Å². The van der Waals surface area contributed by atoms with Gasteiger partial charge in [-0.25, -0.2) is 5.26 Å². The zero-order valence-electron chi connectivity index (χ0n) is 9.95. The molecule has 0 saturated carbocycles. The Kier molecular flexibility index (Phi) is 8.56. The van der Waals surface area contributed by atoms with Gasteiger partial charge in [0.05, 0.1) is 0 Å². The van der Waals surface area contributed by atoms with Crippen molar-refractivity contribution in [3.8, 4) is 6.57 Å². The minimum atomic E-state index is 1.18. The van der Waals surface area contributed by atoms with Gasteiger partial charge in [-0.15, -0.1) is 0 Å². The molecule has 0 aromatic carbocycles. The van der Waals surface area contributed by atoms with E-state index in [0.29, 0.717) is 0 Å². The molecule has 0 N–H and O–H groups in total. The summed E-state index contributed by atoms with van der Waals surface area (Å²) in [4.78, 5) is 0. The maximum atomic E-state index is 6.50. The third-order valence-corrected chi connectivity index (χ3v) is 2.40. The van der Waals surface area contributed by atoms with Gasteiger partial charge in [-0.1, -0.05) is 26.7 Å². The highest BCUT2D eigenvalue weighted by molar-refractivity contribution is 5.10. The van der Waals surface area contributed by atoms with Crippen LogP contribution in [-0.4, -0.2) is 4.57 Å². The van der Waals surface area contributed by atoms with Crippen LogP contribution in [0.15, 0.2) is 18.5 Å². The van der Waals surface area contributed by atoms with Crippen molar-refractivity contribution in [1.82, 2.24) is 4.57 Å². The number of rotatable bonds is 6. The van der Waals surface area contributed by atoms with Crippen molar-refractivity contribution < 1.29 is 0 Å². The minimum Gasteiger partial charge on any atom is -0.354 e. The van der Waals surface area contributed by atoms with Crippen molar-refractivity contribution in [2.24, 2.45) is 0 Å². The second-order valence-electron chi connectivity index (χ2n) is 3.71. The first-order chi connectivity index (χ1) is 7.36. The van der Waals surface area contributed by atoms with Crippen LogP contribution in [0.5, 0.6) is 0 Å². The number of hydrogen-bond acceptors (Lipinski definition) is 1. The van der Waals surface area contributed by atoms with Gasteiger partial charge in [0, 0.05) is 25.5 Å². The van der Waals surface area contributed by atoms with Crippen molar-refractivity contribution in [3.05, 3.63) is 24.0 Å². The summed E-state index contributed by atoms with van der Waals surface area (Å²) in [6.45, 7) is 9.16. The monoisotopic (exact) mass is 206 g/mol. The Morgan fingerprint density at radius 1 is 1.20 bits per heavy atom. The fraction of sp³-hybridized carbons (Fsp3) is 0.615. The Morgan fingerprint density at radius 2 is 1.87 bits per heavy atom. The van der Waals surface area contributed by atoms with Gasteiger partial charge in [-0.05, 0) is 30.9 Å². The fourth-order valence-corrected chi connectivity index (χ4v) is 1.50. The lowest BCUT2D eigenvalue weighted by Gasteiger charge is -1.99. The molecule has 0 bridgehead atoms. The van der Waals surface area contributed by atoms with Gasteiger partial charge in [0.2, 0.25) is 0 Å². The fourth-order valence-electron chi connectivity index (χ4n) is 1.50. The molecule has 2 heteroatoms. The Hall–Kier alpha value is -1.23. The molecule has 0 unspecified atom stereocenters. The number of hydrogen-bond donors (Lipinski definition) is 0. The number of nitrogens with zero attached hydrogens (tertiary/aromatic N) is 2. The van der Waals surface area contributed by atoms with E-state index in [-0.39, 0.29) is 0 Å². The molecule has 84 valence electrons. The average Bonchev–Trinajstić information content (AvgIpc) is 2.74. The summed E-state index contributed by atoms with van der Waals surface area (Å²) in [6.07, 6.45) is 10.9. The highest BCUT2D eigenvalue weighted by Crippen LogP contribution is 2.07. The van der Waals surface area contributed by atoms with Crippen LogP contribution < -0.4 is 0 Å². The van der Waals surface area contributed by atoms with Gasteiger partial charge >= 0.3 is 0 Å². The van der Waals surface area contributed by atoms with Crippen LogP contribution in [0.1, 0.15) is 45.1 Å². The van der Waals surface area contributed by atoms with Gasteiger partial charge in [0.25, 0.3) is 0 Å². The largest absolute Gasteiger partial charge is 0.354 e. The van der Waals surface area contributed by atoms with E-state index in [1.807, 2.05) is 0 Å². The maximum Gasteiger partial charge on any atom is 0.0462 e. The lowest BCUT2D eigenvalue weighted by Crippen LogP contribution is -1.93. The lowest BCUT2D eigenvalue weighted by atomic mass is 10.2. The third-order valence-electron chi connectivity index (χ3n) is 2.40. The van der Waals surface area contributed by atoms with Crippen LogP contribution >= 0.6 is 0 Å². The summed E-state index contributed by atoms with van der Waals surface area (Å²) in [5.41, 5.74) is 1.50. The average molecular weight is 206 g/mol. The van der Waals surface area contributed by atoms with Gasteiger partial charge in [0.15, 0.2) is 0 Å². The Labute approximate surface area is 93.5 Å². The molecule has 0 aliphatic heterocycles. The predicted molar refractivity (Wildman–Crippen MR) is 64.6 cm³/mol. The SMILES string of the molecule is C#N.CCCCc1ccn(CCCC)c1. The van der Waals surface area contributed by atoms with Crippen LogP contribution in [-0.2, 0) is 13.0 Å². The molecule has 0 saturated heterocycles. The van der Waals surface area contributed by atoms with Gasteiger partial charge in [0.1, 0.15) is 0 Å². The molecule has 1 heterocycles. The predicted octanol–water partition coefficient (Wildman–Crippen LogP) is 3.77. The van der Waals surface area contributed by atoms with Crippen molar-refractivity contribution in [1.29, 1.82) is 5.26 Å². The smallest absolute Gasteiger partial charge is 0.0462 e. The van der Waals surface area contributed by atoms with E-state index in [1.54, 1.807) is 0 Å². The molecular formula is C13H22N2. The molecule has 1 aromatic rings. The molecule has 0 aliphatic carbocycles. The number of aryl methyl sites for hydroxylation is 2. The molecule has 0 spiro atoms. The van der Waals surface area contributed by atoms with Crippen LogP contribution in [0.25, 0.3) is 0 Å². The molecular weight excluding hydrogens is 184 g/mol. The maximum absolute atomic E-state index is 6.50. The quantitative estimate of drug-likeness (QED) is 0.696. The molecule has 1 aromatic heterocycles. The third kappa shape index (κ3) is 5.96. The minimum absolute atomic E-state index is 1.18. The zero-order valence-corrected chi connectivity index (χ0v) is 9.95. The van der Waals surface area contributed by atoms with Crippen LogP contribution in [0, 0.1) is 11.8 Å². The highest BCUT2D eigenvalue weighted by atomic mass is 14.9. The van der Waals surface area contributed by atoms with Gasteiger partial charge in [-0.2, -0.15) is 0 Å². The van der Waals surface area contributed by atoms with Crippen molar-refractivity contribution in [2.45, 2.75) is 52.5 Å². The molecule has 15 heavy (non-hydrogen) atoms.